The minimum atomic E-state index is 0.361. The van der Waals surface area contributed by atoms with E-state index in [2.05, 4.69) is 11.9 Å². The third-order valence-electron chi connectivity index (χ3n) is 4.24. The number of fused-ring (bicyclic) bond motifs is 1. The maximum atomic E-state index is 8.85. The van der Waals surface area contributed by atoms with Crippen molar-refractivity contribution in [3.63, 3.8) is 0 Å². The van der Waals surface area contributed by atoms with Crippen molar-refractivity contribution in [1.82, 2.24) is 4.90 Å². The summed E-state index contributed by atoms with van der Waals surface area (Å²) in [5, 5.41) is 8.85. The molecule has 0 bridgehead atoms. The van der Waals surface area contributed by atoms with Gasteiger partial charge in [-0.1, -0.05) is 12.8 Å². The van der Waals surface area contributed by atoms with Crippen molar-refractivity contribution in [2.75, 3.05) is 13.7 Å². The molecule has 1 aliphatic carbocycles. The number of hydrogen-bond acceptors (Lipinski definition) is 2. The van der Waals surface area contributed by atoms with Crippen LogP contribution in [0.25, 0.3) is 0 Å². The van der Waals surface area contributed by atoms with Gasteiger partial charge in [0, 0.05) is 18.7 Å². The first kappa shape index (κ1) is 10.4. The lowest BCUT2D eigenvalue weighted by molar-refractivity contribution is 0.175. The van der Waals surface area contributed by atoms with Gasteiger partial charge in [-0.3, -0.25) is 0 Å². The molecule has 3 atom stereocenters. The molecule has 0 spiro atoms. The van der Waals surface area contributed by atoms with Crippen LogP contribution < -0.4 is 0 Å². The average Bonchev–Trinajstić information content (AvgIpc) is 2.54. The maximum Gasteiger partial charge on any atom is 0.0431 e. The average molecular weight is 197 g/mol. The molecule has 0 aromatic rings. The van der Waals surface area contributed by atoms with E-state index in [9.17, 15) is 0 Å². The zero-order chi connectivity index (χ0) is 9.97. The van der Waals surface area contributed by atoms with Gasteiger partial charge in [0.05, 0.1) is 0 Å². The molecule has 0 aromatic heterocycles. The van der Waals surface area contributed by atoms with E-state index in [0.717, 1.165) is 24.4 Å². The Morgan fingerprint density at radius 2 is 2.07 bits per heavy atom. The summed E-state index contributed by atoms with van der Waals surface area (Å²) in [6, 6.07) is 1.63. The van der Waals surface area contributed by atoms with Crippen molar-refractivity contribution in [3.8, 4) is 0 Å². The molecule has 2 aliphatic rings. The quantitative estimate of drug-likeness (QED) is 0.748. The summed E-state index contributed by atoms with van der Waals surface area (Å²) in [7, 11) is 2.29. The molecular formula is C12H23NO. The fraction of sp³-hybridized carbons (Fsp3) is 1.00. The Balaban J connectivity index is 1.89. The molecule has 1 saturated carbocycles. The van der Waals surface area contributed by atoms with E-state index in [4.69, 9.17) is 5.11 Å². The fourth-order valence-electron chi connectivity index (χ4n) is 3.43. The highest BCUT2D eigenvalue weighted by Crippen LogP contribution is 2.39. The van der Waals surface area contributed by atoms with Gasteiger partial charge in [0.2, 0.25) is 0 Å². The summed E-state index contributed by atoms with van der Waals surface area (Å²) >= 11 is 0. The number of rotatable bonds is 3. The molecule has 1 saturated heterocycles. The Labute approximate surface area is 87.3 Å². The number of nitrogens with zero attached hydrogens (tertiary/aromatic N) is 1. The Morgan fingerprint density at radius 1 is 1.29 bits per heavy atom. The second kappa shape index (κ2) is 4.63. The van der Waals surface area contributed by atoms with E-state index in [1.165, 1.54) is 38.5 Å². The van der Waals surface area contributed by atoms with Crippen molar-refractivity contribution in [1.29, 1.82) is 0 Å². The smallest absolute Gasteiger partial charge is 0.0431 e. The molecule has 0 aromatic carbocycles. The molecule has 2 rings (SSSR count). The van der Waals surface area contributed by atoms with E-state index in [1.54, 1.807) is 0 Å². The van der Waals surface area contributed by atoms with Crippen LogP contribution in [0.2, 0.25) is 0 Å². The van der Waals surface area contributed by atoms with Gasteiger partial charge in [0.15, 0.2) is 0 Å². The van der Waals surface area contributed by atoms with E-state index in [1.807, 2.05) is 0 Å². The highest BCUT2D eigenvalue weighted by Gasteiger charge is 2.39. The number of aliphatic hydroxyl groups is 1. The SMILES string of the molecule is CN1C(CCCO)CC2CCCCC21. The Bertz CT molecular complexity index is 183. The molecule has 1 N–H and O–H groups in total. The van der Waals surface area contributed by atoms with E-state index < -0.39 is 0 Å². The highest BCUT2D eigenvalue weighted by atomic mass is 16.2. The van der Waals surface area contributed by atoms with Crippen molar-refractivity contribution in [2.45, 2.75) is 57.0 Å². The molecule has 14 heavy (non-hydrogen) atoms. The van der Waals surface area contributed by atoms with Crippen molar-refractivity contribution in [2.24, 2.45) is 5.92 Å². The van der Waals surface area contributed by atoms with E-state index >= 15 is 0 Å². The topological polar surface area (TPSA) is 23.5 Å². The van der Waals surface area contributed by atoms with E-state index in [-0.39, 0.29) is 0 Å². The molecule has 1 heterocycles. The van der Waals surface area contributed by atoms with Crippen molar-refractivity contribution in [3.05, 3.63) is 0 Å². The van der Waals surface area contributed by atoms with Crippen LogP contribution in [0.15, 0.2) is 0 Å². The third-order valence-corrected chi connectivity index (χ3v) is 4.24. The first-order valence-electron chi connectivity index (χ1n) is 6.15. The Morgan fingerprint density at radius 3 is 2.79 bits per heavy atom. The van der Waals surface area contributed by atoms with Crippen LogP contribution >= 0.6 is 0 Å². The normalized spacial score (nSPS) is 38.6. The zero-order valence-electron chi connectivity index (χ0n) is 9.28. The lowest BCUT2D eigenvalue weighted by Gasteiger charge is -2.30. The summed E-state index contributed by atoms with van der Waals surface area (Å²) in [4.78, 5) is 2.60. The fourth-order valence-corrected chi connectivity index (χ4v) is 3.43. The van der Waals surface area contributed by atoms with Crippen LogP contribution in [0.3, 0.4) is 0 Å². The molecule has 0 amide bonds. The number of hydrogen-bond donors (Lipinski definition) is 1. The predicted octanol–water partition coefficient (Wildman–Crippen LogP) is 2.02. The molecule has 2 fully saturated rings. The second-order valence-electron chi connectivity index (χ2n) is 5.03. The Kier molecular flexibility index (Phi) is 3.45. The summed E-state index contributed by atoms with van der Waals surface area (Å²) in [5.41, 5.74) is 0. The summed E-state index contributed by atoms with van der Waals surface area (Å²) in [6.07, 6.45) is 9.30. The lowest BCUT2D eigenvalue weighted by atomic mass is 9.84. The van der Waals surface area contributed by atoms with Gasteiger partial charge in [0.1, 0.15) is 0 Å². The van der Waals surface area contributed by atoms with Gasteiger partial charge in [-0.25, -0.2) is 0 Å². The molecular weight excluding hydrogens is 174 g/mol. The van der Waals surface area contributed by atoms with Gasteiger partial charge in [-0.05, 0) is 45.1 Å². The lowest BCUT2D eigenvalue weighted by Crippen LogP contribution is -2.35. The van der Waals surface area contributed by atoms with Gasteiger partial charge in [-0.2, -0.15) is 0 Å². The van der Waals surface area contributed by atoms with Crippen LogP contribution in [0.4, 0.5) is 0 Å². The largest absolute Gasteiger partial charge is 0.396 e. The minimum absolute atomic E-state index is 0.361. The standard InChI is InChI=1S/C12H23NO/c1-13-11(6-4-8-14)9-10-5-2-3-7-12(10)13/h10-12,14H,2-9H2,1H3. The first-order chi connectivity index (χ1) is 6.83. The number of aliphatic hydroxyl groups excluding tert-OH is 1. The molecule has 82 valence electrons. The predicted molar refractivity (Wildman–Crippen MR) is 58.2 cm³/mol. The minimum Gasteiger partial charge on any atom is -0.396 e. The molecule has 2 heteroatoms. The summed E-state index contributed by atoms with van der Waals surface area (Å²) < 4.78 is 0. The second-order valence-corrected chi connectivity index (χ2v) is 5.03. The highest BCUT2D eigenvalue weighted by molar-refractivity contribution is 4.93. The molecule has 1 aliphatic heterocycles. The van der Waals surface area contributed by atoms with Crippen LogP contribution in [-0.4, -0.2) is 35.7 Å². The third kappa shape index (κ3) is 1.96. The van der Waals surface area contributed by atoms with Crippen LogP contribution in [-0.2, 0) is 0 Å². The Hall–Kier alpha value is -0.0800. The van der Waals surface area contributed by atoms with Gasteiger partial charge >= 0.3 is 0 Å². The summed E-state index contributed by atoms with van der Waals surface area (Å²) in [5.74, 6) is 0.970. The number of likely N-dealkylation sites (tertiary alicyclic amines) is 1. The van der Waals surface area contributed by atoms with Crippen molar-refractivity contribution >= 4 is 0 Å². The van der Waals surface area contributed by atoms with Crippen molar-refractivity contribution < 1.29 is 5.11 Å². The zero-order valence-corrected chi connectivity index (χ0v) is 9.28. The van der Waals surface area contributed by atoms with E-state index in [0.29, 0.717) is 6.61 Å². The van der Waals surface area contributed by atoms with Crippen LogP contribution in [0.1, 0.15) is 44.9 Å². The monoisotopic (exact) mass is 197 g/mol. The van der Waals surface area contributed by atoms with Gasteiger partial charge < -0.3 is 10.0 Å². The first-order valence-corrected chi connectivity index (χ1v) is 6.15. The maximum absolute atomic E-state index is 8.85. The molecule has 0 radical (unpaired) electrons. The molecule has 3 unspecified atom stereocenters. The van der Waals surface area contributed by atoms with Gasteiger partial charge in [-0.15, -0.1) is 0 Å². The summed E-state index contributed by atoms with van der Waals surface area (Å²) in [6.45, 7) is 0.361. The van der Waals surface area contributed by atoms with Crippen LogP contribution in [0.5, 0.6) is 0 Å². The molecule has 2 nitrogen and oxygen atoms in total. The van der Waals surface area contributed by atoms with Gasteiger partial charge in [0.25, 0.3) is 0 Å². The van der Waals surface area contributed by atoms with Crippen LogP contribution in [0, 0.1) is 5.92 Å².